The van der Waals surface area contributed by atoms with E-state index in [1.807, 2.05) is 12.1 Å². The van der Waals surface area contributed by atoms with E-state index in [0.717, 1.165) is 43.8 Å². The summed E-state index contributed by atoms with van der Waals surface area (Å²) in [5.74, 6) is 5.80. The molecule has 0 aliphatic carbocycles. The Hall–Kier alpha value is -3.37. The van der Waals surface area contributed by atoms with E-state index in [4.69, 9.17) is 4.74 Å². The molecule has 0 bridgehead atoms. The third-order valence-corrected chi connectivity index (χ3v) is 7.74. The Morgan fingerprint density at radius 1 is 1.14 bits per heavy atom. The number of nitrogens with zero attached hydrogens (tertiary/aromatic N) is 2. The fourth-order valence-corrected chi connectivity index (χ4v) is 5.53. The van der Waals surface area contributed by atoms with E-state index in [1.165, 1.54) is 28.2 Å². The lowest BCUT2D eigenvalue weighted by Crippen LogP contribution is -2.57. The number of ether oxygens (including phenoxy) is 1. The van der Waals surface area contributed by atoms with Gasteiger partial charge >= 0.3 is 6.03 Å². The molecular formula is C29H34FN3O3. The van der Waals surface area contributed by atoms with Gasteiger partial charge in [-0.3, -0.25) is 14.6 Å². The number of methoxy groups -OCH3 is 1. The molecule has 7 heteroatoms. The van der Waals surface area contributed by atoms with Gasteiger partial charge in [-0.2, -0.15) is 0 Å². The number of likely N-dealkylation sites (tertiary alicyclic amines) is 1. The van der Waals surface area contributed by atoms with Crippen molar-refractivity contribution in [3.8, 4) is 17.6 Å². The van der Waals surface area contributed by atoms with Crippen LogP contribution >= 0.6 is 0 Å². The number of hydrogen-bond donors (Lipinski definition) is 1. The number of halogens is 1. The maximum Gasteiger partial charge on any atom is 0.325 e. The first-order valence-corrected chi connectivity index (χ1v) is 12.4. The van der Waals surface area contributed by atoms with Crippen molar-refractivity contribution in [1.82, 2.24) is 15.1 Å². The van der Waals surface area contributed by atoms with Crippen LogP contribution in [0.2, 0.25) is 0 Å². The van der Waals surface area contributed by atoms with Crippen molar-refractivity contribution in [2.75, 3.05) is 26.7 Å². The minimum atomic E-state index is -1.10. The van der Waals surface area contributed by atoms with Gasteiger partial charge in [0.05, 0.1) is 13.7 Å². The second kappa shape index (κ2) is 10.7. The Bertz CT molecular complexity index is 1210. The van der Waals surface area contributed by atoms with Crippen LogP contribution in [0.5, 0.6) is 5.75 Å². The lowest BCUT2D eigenvalue weighted by Gasteiger charge is -2.41. The van der Waals surface area contributed by atoms with E-state index < -0.39 is 11.6 Å². The first-order chi connectivity index (χ1) is 17.3. The fraction of sp³-hybridized carbons (Fsp3) is 0.448. The Kier molecular flexibility index (Phi) is 7.65. The summed E-state index contributed by atoms with van der Waals surface area (Å²) in [6, 6.07) is 9.98. The van der Waals surface area contributed by atoms with Gasteiger partial charge in [0, 0.05) is 13.0 Å². The minimum Gasteiger partial charge on any atom is -0.496 e. The van der Waals surface area contributed by atoms with Gasteiger partial charge in [0.15, 0.2) is 0 Å². The van der Waals surface area contributed by atoms with Crippen LogP contribution in [0.15, 0.2) is 36.4 Å². The molecule has 2 aromatic rings. The summed E-state index contributed by atoms with van der Waals surface area (Å²) < 4.78 is 19.4. The molecular weight excluding hydrogens is 457 g/mol. The smallest absolute Gasteiger partial charge is 0.325 e. The third-order valence-electron chi connectivity index (χ3n) is 7.74. The van der Waals surface area contributed by atoms with Crippen molar-refractivity contribution < 1.29 is 18.7 Å². The molecule has 36 heavy (non-hydrogen) atoms. The van der Waals surface area contributed by atoms with Gasteiger partial charge < -0.3 is 10.1 Å². The Morgan fingerprint density at radius 2 is 1.89 bits per heavy atom. The molecule has 0 saturated carbocycles. The molecule has 0 radical (unpaired) electrons. The molecule has 2 saturated heterocycles. The molecule has 0 unspecified atom stereocenters. The largest absolute Gasteiger partial charge is 0.496 e. The van der Waals surface area contributed by atoms with Gasteiger partial charge in [0.1, 0.15) is 17.1 Å². The number of benzene rings is 2. The van der Waals surface area contributed by atoms with Crippen LogP contribution in [0.1, 0.15) is 42.0 Å². The molecule has 4 rings (SSSR count). The number of nitrogens with one attached hydrogen (secondary N) is 1. The highest BCUT2D eigenvalue weighted by atomic mass is 19.1. The predicted molar refractivity (Wildman–Crippen MR) is 137 cm³/mol. The highest BCUT2D eigenvalue weighted by Gasteiger charge is 2.55. The Morgan fingerprint density at radius 3 is 2.56 bits per heavy atom. The lowest BCUT2D eigenvalue weighted by atomic mass is 9.73. The number of urea groups is 1. The van der Waals surface area contributed by atoms with Crippen LogP contribution in [-0.4, -0.2) is 54.0 Å². The zero-order valence-corrected chi connectivity index (χ0v) is 21.5. The number of carbonyl (C=O) groups is 2. The Balaban J connectivity index is 1.54. The van der Waals surface area contributed by atoms with E-state index in [2.05, 4.69) is 42.0 Å². The van der Waals surface area contributed by atoms with Gasteiger partial charge in [-0.05, 0) is 93.1 Å². The average molecular weight is 492 g/mol. The molecule has 6 nitrogen and oxygen atoms in total. The minimum absolute atomic E-state index is 0.0566. The zero-order chi connectivity index (χ0) is 25.9. The van der Waals surface area contributed by atoms with Crippen molar-refractivity contribution >= 4 is 11.9 Å². The number of rotatable bonds is 7. The van der Waals surface area contributed by atoms with Gasteiger partial charge in [-0.25, -0.2) is 9.18 Å². The monoisotopic (exact) mass is 491 g/mol. The second-order valence-corrected chi connectivity index (χ2v) is 9.75. The molecule has 1 N–H and O–H groups in total. The van der Waals surface area contributed by atoms with Gasteiger partial charge in [-0.1, -0.05) is 24.1 Å². The first kappa shape index (κ1) is 25.7. The second-order valence-electron chi connectivity index (χ2n) is 9.75. The van der Waals surface area contributed by atoms with Gasteiger partial charge in [-0.15, -0.1) is 5.92 Å². The average Bonchev–Trinajstić information content (AvgIpc) is 3.10. The molecule has 190 valence electrons. The van der Waals surface area contributed by atoms with Crippen LogP contribution in [0, 0.1) is 37.4 Å². The van der Waals surface area contributed by atoms with Crippen molar-refractivity contribution in [2.45, 2.75) is 52.1 Å². The zero-order valence-electron chi connectivity index (χ0n) is 21.5. The third kappa shape index (κ3) is 4.96. The van der Waals surface area contributed by atoms with Crippen molar-refractivity contribution in [3.05, 3.63) is 64.5 Å². The molecule has 2 aliphatic heterocycles. The summed E-state index contributed by atoms with van der Waals surface area (Å²) in [5, 5.41) is 3.02. The number of hydrogen-bond acceptors (Lipinski definition) is 4. The van der Waals surface area contributed by atoms with Gasteiger partial charge in [0.2, 0.25) is 0 Å². The van der Waals surface area contributed by atoms with E-state index in [0.29, 0.717) is 5.56 Å². The summed E-state index contributed by atoms with van der Waals surface area (Å²) >= 11 is 0. The van der Waals surface area contributed by atoms with Crippen LogP contribution in [-0.2, 0) is 17.8 Å². The highest BCUT2D eigenvalue weighted by molar-refractivity contribution is 6.07. The van der Waals surface area contributed by atoms with Crippen LogP contribution in [0.4, 0.5) is 9.18 Å². The molecule has 0 spiro atoms. The summed E-state index contributed by atoms with van der Waals surface area (Å²) in [7, 11) is 1.69. The Labute approximate surface area is 212 Å². The summed E-state index contributed by atoms with van der Waals surface area (Å²) in [6.07, 6.45) is 1.76. The van der Waals surface area contributed by atoms with E-state index >= 15 is 0 Å². The summed E-state index contributed by atoms with van der Waals surface area (Å²) in [6.45, 7) is 8.35. The molecule has 2 aromatic carbocycles. The summed E-state index contributed by atoms with van der Waals surface area (Å²) in [5.41, 5.74) is 3.23. The normalized spacial score (nSPS) is 20.8. The lowest BCUT2D eigenvalue weighted by molar-refractivity contribution is -0.133. The maximum atomic E-state index is 14.0. The van der Waals surface area contributed by atoms with Crippen LogP contribution < -0.4 is 10.1 Å². The van der Waals surface area contributed by atoms with Gasteiger partial charge in [0.25, 0.3) is 5.91 Å². The highest BCUT2D eigenvalue weighted by Crippen LogP contribution is 2.37. The van der Waals surface area contributed by atoms with E-state index in [1.54, 1.807) is 20.1 Å². The van der Waals surface area contributed by atoms with Crippen LogP contribution in [0.3, 0.4) is 0 Å². The van der Waals surface area contributed by atoms with Crippen LogP contribution in [0.25, 0.3) is 0 Å². The number of amides is 3. The van der Waals surface area contributed by atoms with E-state index in [9.17, 15) is 14.0 Å². The maximum absolute atomic E-state index is 14.0. The molecule has 2 aliphatic rings. The number of imide groups is 1. The topological polar surface area (TPSA) is 61.9 Å². The SMILES string of the molecule is CC#CCN1C(=O)N[C@](Cc2cccc(F)c2)(C2CCN(Cc3ccc(OC)c(C)c3C)CC2)C1=O. The molecule has 0 aromatic heterocycles. The number of carbonyl (C=O) groups excluding carboxylic acids is 2. The quantitative estimate of drug-likeness (QED) is 0.465. The molecule has 2 heterocycles. The fourth-order valence-electron chi connectivity index (χ4n) is 5.53. The predicted octanol–water partition coefficient (Wildman–Crippen LogP) is 4.22. The number of piperidine rings is 1. The first-order valence-electron chi connectivity index (χ1n) is 12.4. The van der Waals surface area contributed by atoms with Crippen molar-refractivity contribution in [2.24, 2.45) is 5.92 Å². The molecule has 2 fully saturated rings. The molecule has 1 atom stereocenters. The molecule has 3 amide bonds. The van der Waals surface area contributed by atoms with Crippen molar-refractivity contribution in [3.63, 3.8) is 0 Å². The van der Waals surface area contributed by atoms with E-state index in [-0.39, 0.29) is 30.6 Å². The summed E-state index contributed by atoms with van der Waals surface area (Å²) in [4.78, 5) is 30.2. The van der Waals surface area contributed by atoms with Crippen molar-refractivity contribution in [1.29, 1.82) is 0 Å². The standard InChI is InChI=1S/C29H34FN3O3/c1-5-6-14-33-27(34)29(31-28(33)35,18-22-8-7-9-25(30)17-22)24-12-15-32(16-13-24)19-23-10-11-26(36-4)21(3)20(23)2/h7-11,17,24H,12-16,18-19H2,1-4H3,(H,31,35)/t29-/m1/s1.